The number of hydrogen-bond donors (Lipinski definition) is 2. The minimum atomic E-state index is 0. The summed E-state index contributed by atoms with van der Waals surface area (Å²) in [5.41, 5.74) is 0. The number of rotatable bonds is 8. The van der Waals surface area contributed by atoms with Gasteiger partial charge in [0.2, 0.25) is 0 Å². The van der Waals surface area contributed by atoms with Crippen LogP contribution in [-0.4, -0.2) is 51.4 Å². The van der Waals surface area contributed by atoms with Gasteiger partial charge in [-0.1, -0.05) is 0 Å². The fourth-order valence-electron chi connectivity index (χ4n) is 1.41. The molecule has 1 rings (SSSR count). The molecule has 0 unspecified atom stereocenters. The van der Waals surface area contributed by atoms with E-state index < -0.39 is 0 Å². The molecule has 0 atom stereocenters. The smallest absolute Gasteiger partial charge is 0.191 e. The van der Waals surface area contributed by atoms with Crippen molar-refractivity contribution in [1.82, 2.24) is 15.6 Å². The van der Waals surface area contributed by atoms with Gasteiger partial charge in [-0.25, -0.2) is 0 Å². The molecule has 0 radical (unpaired) electrons. The lowest BCUT2D eigenvalue weighted by Gasteiger charge is -2.12. The predicted octanol–water partition coefficient (Wildman–Crippen LogP) is 1.28. The lowest BCUT2D eigenvalue weighted by atomic mass is 10.4. The maximum Gasteiger partial charge on any atom is 0.191 e. The van der Waals surface area contributed by atoms with Crippen molar-refractivity contribution in [2.75, 3.05) is 40.5 Å². The third kappa shape index (κ3) is 8.92. The molecule has 0 aliphatic heterocycles. The second-order valence-corrected chi connectivity index (χ2v) is 3.81. The number of nitrogens with one attached hydrogen (secondary N) is 2. The van der Waals surface area contributed by atoms with Crippen molar-refractivity contribution >= 4 is 29.9 Å². The van der Waals surface area contributed by atoms with Crippen LogP contribution in [0.5, 0.6) is 5.75 Å². The number of hydrogen-bond acceptors (Lipinski definition) is 4. The van der Waals surface area contributed by atoms with E-state index in [2.05, 4.69) is 20.6 Å². The molecule has 114 valence electrons. The third-order valence-electron chi connectivity index (χ3n) is 2.34. The van der Waals surface area contributed by atoms with Crippen LogP contribution in [0, 0.1) is 0 Å². The lowest BCUT2D eigenvalue weighted by molar-refractivity contribution is 0.195. The Hall–Kier alpha value is -1.09. The van der Waals surface area contributed by atoms with E-state index in [4.69, 9.17) is 9.47 Å². The SMILES string of the molecule is CN=C(NCCCOC)NCCOc1cccnc1.I. The predicted molar refractivity (Wildman–Crippen MR) is 91.0 cm³/mol. The van der Waals surface area contributed by atoms with Crippen LogP contribution in [0.3, 0.4) is 0 Å². The van der Waals surface area contributed by atoms with E-state index >= 15 is 0 Å². The minimum Gasteiger partial charge on any atom is -0.490 e. The average Bonchev–Trinajstić information content (AvgIpc) is 2.46. The monoisotopic (exact) mass is 394 g/mol. The third-order valence-corrected chi connectivity index (χ3v) is 2.34. The first-order valence-corrected chi connectivity index (χ1v) is 6.33. The topological polar surface area (TPSA) is 67.8 Å². The van der Waals surface area contributed by atoms with Crippen LogP contribution in [0.15, 0.2) is 29.5 Å². The van der Waals surface area contributed by atoms with E-state index in [0.29, 0.717) is 13.2 Å². The Bertz CT molecular complexity index is 363. The van der Waals surface area contributed by atoms with Gasteiger partial charge in [0.25, 0.3) is 0 Å². The number of pyridine rings is 1. The Labute approximate surface area is 137 Å². The number of halogens is 1. The molecular weight excluding hydrogens is 371 g/mol. The molecule has 0 fully saturated rings. The van der Waals surface area contributed by atoms with Crippen molar-refractivity contribution in [3.05, 3.63) is 24.5 Å². The summed E-state index contributed by atoms with van der Waals surface area (Å²) in [6, 6.07) is 3.73. The average molecular weight is 394 g/mol. The molecule has 0 aliphatic carbocycles. The van der Waals surface area contributed by atoms with Crippen LogP contribution in [0.4, 0.5) is 0 Å². The molecule has 0 bridgehead atoms. The van der Waals surface area contributed by atoms with E-state index in [1.807, 2.05) is 12.1 Å². The maximum atomic E-state index is 5.52. The molecule has 2 N–H and O–H groups in total. The summed E-state index contributed by atoms with van der Waals surface area (Å²) in [7, 11) is 3.44. The zero-order chi connectivity index (χ0) is 13.8. The Balaban J connectivity index is 0.00000361. The van der Waals surface area contributed by atoms with Gasteiger partial charge >= 0.3 is 0 Å². The van der Waals surface area contributed by atoms with Crippen LogP contribution < -0.4 is 15.4 Å². The number of guanidine groups is 1. The van der Waals surface area contributed by atoms with Crippen LogP contribution in [0.1, 0.15) is 6.42 Å². The van der Waals surface area contributed by atoms with Crippen molar-refractivity contribution in [2.24, 2.45) is 4.99 Å². The first-order valence-electron chi connectivity index (χ1n) is 6.33. The summed E-state index contributed by atoms with van der Waals surface area (Å²) < 4.78 is 10.5. The van der Waals surface area contributed by atoms with Crippen molar-refractivity contribution in [3.8, 4) is 5.75 Å². The van der Waals surface area contributed by atoms with Gasteiger partial charge < -0.3 is 20.1 Å². The molecule has 0 spiro atoms. The summed E-state index contributed by atoms with van der Waals surface area (Å²) in [5.74, 6) is 1.54. The van der Waals surface area contributed by atoms with Crippen LogP contribution in [0.2, 0.25) is 0 Å². The molecule has 0 saturated carbocycles. The molecule has 1 aromatic rings. The van der Waals surface area contributed by atoms with Crippen molar-refractivity contribution in [3.63, 3.8) is 0 Å². The first kappa shape index (κ1) is 18.9. The summed E-state index contributed by atoms with van der Waals surface area (Å²) in [6.07, 6.45) is 4.36. The van der Waals surface area contributed by atoms with Crippen molar-refractivity contribution in [1.29, 1.82) is 0 Å². The maximum absolute atomic E-state index is 5.52. The highest BCUT2D eigenvalue weighted by Gasteiger charge is 1.97. The van der Waals surface area contributed by atoms with Crippen molar-refractivity contribution in [2.45, 2.75) is 6.42 Å². The molecule has 0 amide bonds. The zero-order valence-electron chi connectivity index (χ0n) is 12.0. The van der Waals surface area contributed by atoms with Gasteiger partial charge in [0.1, 0.15) is 12.4 Å². The normalized spacial score (nSPS) is 10.6. The number of methoxy groups -OCH3 is 1. The van der Waals surface area contributed by atoms with E-state index in [1.165, 1.54) is 0 Å². The molecule has 0 aromatic carbocycles. The van der Waals surface area contributed by atoms with E-state index in [9.17, 15) is 0 Å². The molecule has 0 aliphatic rings. The highest BCUT2D eigenvalue weighted by molar-refractivity contribution is 14.0. The van der Waals surface area contributed by atoms with E-state index in [1.54, 1.807) is 26.6 Å². The first-order chi connectivity index (χ1) is 9.36. The second-order valence-electron chi connectivity index (χ2n) is 3.81. The Morgan fingerprint density at radius 3 is 2.75 bits per heavy atom. The summed E-state index contributed by atoms with van der Waals surface area (Å²) in [4.78, 5) is 8.10. The molecule has 1 heterocycles. The summed E-state index contributed by atoms with van der Waals surface area (Å²) >= 11 is 0. The van der Waals surface area contributed by atoms with E-state index in [0.717, 1.165) is 31.3 Å². The Morgan fingerprint density at radius 2 is 2.10 bits per heavy atom. The number of nitrogens with zero attached hydrogens (tertiary/aromatic N) is 2. The van der Waals surface area contributed by atoms with Crippen molar-refractivity contribution < 1.29 is 9.47 Å². The van der Waals surface area contributed by atoms with E-state index in [-0.39, 0.29) is 24.0 Å². The highest BCUT2D eigenvalue weighted by atomic mass is 127. The van der Waals surface area contributed by atoms with Gasteiger partial charge in [-0.05, 0) is 18.6 Å². The zero-order valence-corrected chi connectivity index (χ0v) is 14.3. The fourth-order valence-corrected chi connectivity index (χ4v) is 1.41. The largest absolute Gasteiger partial charge is 0.490 e. The van der Waals surface area contributed by atoms with Gasteiger partial charge in [0.05, 0.1) is 12.7 Å². The van der Waals surface area contributed by atoms with Gasteiger partial charge in [-0.2, -0.15) is 0 Å². The molecular formula is C13H23IN4O2. The van der Waals surface area contributed by atoms with Gasteiger partial charge in [0.15, 0.2) is 5.96 Å². The molecule has 20 heavy (non-hydrogen) atoms. The second kappa shape index (κ2) is 12.9. The Morgan fingerprint density at radius 1 is 1.30 bits per heavy atom. The molecule has 0 saturated heterocycles. The molecule has 1 aromatic heterocycles. The lowest BCUT2D eigenvalue weighted by Crippen LogP contribution is -2.39. The van der Waals surface area contributed by atoms with Gasteiger partial charge in [0, 0.05) is 33.5 Å². The summed E-state index contributed by atoms with van der Waals surface area (Å²) in [5, 5.41) is 6.36. The van der Waals surface area contributed by atoms with Crippen LogP contribution in [0.25, 0.3) is 0 Å². The molecule has 7 heteroatoms. The highest BCUT2D eigenvalue weighted by Crippen LogP contribution is 2.04. The quantitative estimate of drug-likeness (QED) is 0.301. The number of aliphatic imine (C=N–C) groups is 1. The van der Waals surface area contributed by atoms with Gasteiger partial charge in [-0.15, -0.1) is 24.0 Å². The molecule has 6 nitrogen and oxygen atoms in total. The summed E-state index contributed by atoms with van der Waals surface area (Å²) in [6.45, 7) is 2.81. The Kier molecular flexibility index (Phi) is 12.2. The van der Waals surface area contributed by atoms with Crippen LogP contribution >= 0.6 is 24.0 Å². The van der Waals surface area contributed by atoms with Gasteiger partial charge in [-0.3, -0.25) is 9.98 Å². The number of aromatic nitrogens is 1. The number of ether oxygens (including phenoxy) is 2. The standard InChI is InChI=1S/C13H22N4O2.HI/c1-14-13(16-7-4-9-18-2)17-8-10-19-12-5-3-6-15-11-12;/h3,5-6,11H,4,7-10H2,1-2H3,(H2,14,16,17);1H. The fraction of sp³-hybridized carbons (Fsp3) is 0.538. The minimum absolute atomic E-state index is 0. The van der Waals surface area contributed by atoms with Crippen LogP contribution in [-0.2, 0) is 4.74 Å².